The molecule has 0 aromatic heterocycles. The van der Waals surface area contributed by atoms with Crippen molar-refractivity contribution in [1.82, 2.24) is 4.90 Å². The van der Waals surface area contributed by atoms with Gasteiger partial charge in [-0.15, -0.1) is 0 Å². The van der Waals surface area contributed by atoms with E-state index in [0.29, 0.717) is 19.8 Å². The van der Waals surface area contributed by atoms with Crippen molar-refractivity contribution >= 4 is 19.7 Å². The first-order valence-corrected chi connectivity index (χ1v) is 8.56. The monoisotopic (exact) mass is 341 g/mol. The van der Waals surface area contributed by atoms with Gasteiger partial charge in [0.2, 0.25) is 5.82 Å². The molecule has 2 rings (SSSR count). The third-order valence-corrected chi connectivity index (χ3v) is 4.38. The molecule has 118 valence electrons. The van der Waals surface area contributed by atoms with Gasteiger partial charge in [0.05, 0.1) is 13.2 Å². The number of hydrogen-bond donors (Lipinski definition) is 0. The Kier molecular flexibility index (Phi) is 5.37. The molecule has 0 amide bonds. The first kappa shape index (κ1) is 16.4. The van der Waals surface area contributed by atoms with Crippen molar-refractivity contribution in [3.8, 4) is 5.75 Å². The van der Waals surface area contributed by atoms with E-state index in [1.54, 1.807) is 0 Å². The number of nitrogens with zero attached hydrogens (tertiary/aromatic N) is 1. The van der Waals surface area contributed by atoms with E-state index in [4.69, 9.17) is 20.2 Å². The van der Waals surface area contributed by atoms with Crippen LogP contribution in [0.25, 0.3) is 0 Å². The molecule has 0 saturated carbocycles. The van der Waals surface area contributed by atoms with Crippen molar-refractivity contribution in [3.05, 3.63) is 23.8 Å². The van der Waals surface area contributed by atoms with Crippen LogP contribution in [0, 0.1) is 11.6 Å². The van der Waals surface area contributed by atoms with Gasteiger partial charge in [-0.25, -0.2) is 12.8 Å². The lowest BCUT2D eigenvalue weighted by atomic mass is 10.3. The average molecular weight is 342 g/mol. The Bertz CT molecular complexity index is 606. The molecule has 0 radical (unpaired) electrons. The molecule has 5 nitrogen and oxygen atoms in total. The number of ether oxygens (including phenoxy) is 2. The third-order valence-electron chi connectivity index (χ3n) is 3.04. The van der Waals surface area contributed by atoms with Crippen LogP contribution < -0.4 is 4.74 Å². The average Bonchev–Trinajstić information content (AvgIpc) is 2.43. The fourth-order valence-corrected chi connectivity index (χ4v) is 2.82. The van der Waals surface area contributed by atoms with Crippen LogP contribution in [0.1, 0.15) is 0 Å². The van der Waals surface area contributed by atoms with Crippen LogP contribution in [0.2, 0.25) is 0 Å². The number of hydrogen-bond acceptors (Lipinski definition) is 5. The fraction of sp³-hybridized carbons (Fsp3) is 0.500. The van der Waals surface area contributed by atoms with Gasteiger partial charge in [0.25, 0.3) is 9.05 Å². The van der Waals surface area contributed by atoms with Crippen molar-refractivity contribution in [3.63, 3.8) is 0 Å². The van der Waals surface area contributed by atoms with Crippen LogP contribution in [0.3, 0.4) is 0 Å². The van der Waals surface area contributed by atoms with Crippen LogP contribution in [0.4, 0.5) is 8.78 Å². The Labute approximate surface area is 125 Å². The second kappa shape index (κ2) is 6.87. The quantitative estimate of drug-likeness (QED) is 0.761. The minimum Gasteiger partial charge on any atom is -0.489 e. The molecular weight excluding hydrogens is 328 g/mol. The largest absolute Gasteiger partial charge is 0.489 e. The molecule has 1 fully saturated rings. The maximum absolute atomic E-state index is 13.7. The smallest absolute Gasteiger partial charge is 0.264 e. The molecule has 1 heterocycles. The molecular formula is C12H14ClF2NO4S. The summed E-state index contributed by atoms with van der Waals surface area (Å²) in [6, 6.07) is 1.93. The van der Waals surface area contributed by atoms with E-state index in [0.717, 1.165) is 25.2 Å². The summed E-state index contributed by atoms with van der Waals surface area (Å²) in [6.07, 6.45) is 0. The first-order chi connectivity index (χ1) is 9.89. The van der Waals surface area contributed by atoms with E-state index in [-0.39, 0.29) is 12.4 Å². The third kappa shape index (κ3) is 4.26. The second-order valence-electron chi connectivity index (χ2n) is 4.43. The molecule has 1 saturated heterocycles. The number of benzene rings is 1. The second-order valence-corrected chi connectivity index (χ2v) is 6.96. The van der Waals surface area contributed by atoms with E-state index in [1.165, 1.54) is 0 Å². The van der Waals surface area contributed by atoms with Crippen LogP contribution in [-0.2, 0) is 13.8 Å². The molecule has 0 N–H and O–H groups in total. The lowest BCUT2D eigenvalue weighted by Crippen LogP contribution is -2.38. The number of rotatable bonds is 5. The van der Waals surface area contributed by atoms with Crippen molar-refractivity contribution in [2.45, 2.75) is 4.90 Å². The van der Waals surface area contributed by atoms with Crippen molar-refractivity contribution in [2.24, 2.45) is 0 Å². The summed E-state index contributed by atoms with van der Waals surface area (Å²) in [7, 11) is 0.669. The van der Waals surface area contributed by atoms with E-state index >= 15 is 0 Å². The van der Waals surface area contributed by atoms with Gasteiger partial charge < -0.3 is 9.47 Å². The predicted molar refractivity (Wildman–Crippen MR) is 72.2 cm³/mol. The van der Waals surface area contributed by atoms with Crippen LogP contribution in [0.5, 0.6) is 5.75 Å². The van der Waals surface area contributed by atoms with Gasteiger partial charge in [-0.05, 0) is 12.1 Å². The zero-order valence-electron chi connectivity index (χ0n) is 11.0. The van der Waals surface area contributed by atoms with E-state index < -0.39 is 25.6 Å². The first-order valence-electron chi connectivity index (χ1n) is 6.25. The summed E-state index contributed by atoms with van der Waals surface area (Å²) in [5.74, 6) is -3.24. The lowest BCUT2D eigenvalue weighted by molar-refractivity contribution is 0.0320. The molecule has 0 spiro atoms. The zero-order valence-corrected chi connectivity index (χ0v) is 12.6. The van der Waals surface area contributed by atoms with E-state index in [9.17, 15) is 17.2 Å². The Balaban J connectivity index is 1.99. The molecule has 0 bridgehead atoms. The highest BCUT2D eigenvalue weighted by molar-refractivity contribution is 8.13. The Morgan fingerprint density at radius 3 is 2.52 bits per heavy atom. The van der Waals surface area contributed by atoms with Gasteiger partial charge in [0.15, 0.2) is 11.6 Å². The number of halogens is 3. The SMILES string of the molecule is O=S(=O)(Cl)c1ccc(OCCN2CCOCC2)c(F)c1F. The Hall–Kier alpha value is -0.960. The van der Waals surface area contributed by atoms with Gasteiger partial charge in [-0.2, -0.15) is 4.39 Å². The van der Waals surface area contributed by atoms with Crippen LogP contribution >= 0.6 is 10.7 Å². The van der Waals surface area contributed by atoms with Crippen LogP contribution in [-0.4, -0.2) is 52.8 Å². The molecule has 21 heavy (non-hydrogen) atoms. The highest BCUT2D eigenvalue weighted by Gasteiger charge is 2.22. The molecule has 0 unspecified atom stereocenters. The zero-order chi connectivity index (χ0) is 15.5. The molecule has 1 aliphatic heterocycles. The summed E-state index contributed by atoms with van der Waals surface area (Å²) in [5, 5.41) is 0. The summed E-state index contributed by atoms with van der Waals surface area (Å²) >= 11 is 0. The standard InChI is InChI=1S/C12H14ClF2NO4S/c13-21(17,18)10-2-1-9(11(14)12(10)15)20-8-5-16-3-6-19-7-4-16/h1-2H,3-8H2. The topological polar surface area (TPSA) is 55.8 Å². The molecule has 0 atom stereocenters. The fourth-order valence-electron chi connectivity index (χ4n) is 1.92. The minimum absolute atomic E-state index is 0.156. The summed E-state index contributed by atoms with van der Waals surface area (Å²) in [6.45, 7) is 3.47. The molecule has 1 aromatic carbocycles. The minimum atomic E-state index is -4.33. The van der Waals surface area contributed by atoms with Crippen LogP contribution in [0.15, 0.2) is 17.0 Å². The molecule has 1 aromatic rings. The van der Waals surface area contributed by atoms with Gasteiger partial charge >= 0.3 is 0 Å². The van der Waals surface area contributed by atoms with Gasteiger partial charge in [0, 0.05) is 30.3 Å². The summed E-state index contributed by atoms with van der Waals surface area (Å²) < 4.78 is 59.7. The maximum Gasteiger partial charge on any atom is 0.264 e. The molecule has 9 heteroatoms. The molecule has 0 aliphatic carbocycles. The van der Waals surface area contributed by atoms with Crippen molar-refractivity contribution in [2.75, 3.05) is 39.5 Å². The Morgan fingerprint density at radius 2 is 1.90 bits per heavy atom. The van der Waals surface area contributed by atoms with Crippen molar-refractivity contribution in [1.29, 1.82) is 0 Å². The van der Waals surface area contributed by atoms with E-state index in [2.05, 4.69) is 4.90 Å². The highest BCUT2D eigenvalue weighted by Crippen LogP contribution is 2.27. The van der Waals surface area contributed by atoms with E-state index in [1.807, 2.05) is 0 Å². The van der Waals surface area contributed by atoms with Gasteiger partial charge in [-0.1, -0.05) is 0 Å². The maximum atomic E-state index is 13.7. The highest BCUT2D eigenvalue weighted by atomic mass is 35.7. The number of morpholine rings is 1. The summed E-state index contributed by atoms with van der Waals surface area (Å²) in [5.41, 5.74) is 0. The summed E-state index contributed by atoms with van der Waals surface area (Å²) in [4.78, 5) is 1.16. The van der Waals surface area contributed by atoms with Gasteiger partial charge in [-0.3, -0.25) is 4.90 Å². The van der Waals surface area contributed by atoms with Crippen molar-refractivity contribution < 1.29 is 26.7 Å². The van der Waals surface area contributed by atoms with Gasteiger partial charge in [0.1, 0.15) is 11.5 Å². The molecule has 1 aliphatic rings. The predicted octanol–water partition coefficient (Wildman–Crippen LogP) is 1.60. The lowest BCUT2D eigenvalue weighted by Gasteiger charge is -2.26. The normalized spacial score (nSPS) is 16.9. The Morgan fingerprint density at radius 1 is 1.24 bits per heavy atom.